The second-order valence-corrected chi connectivity index (χ2v) is 7.73. The number of nitrogens with one attached hydrogen (secondary N) is 1. The average molecular weight is 430 g/mol. The smallest absolute Gasteiger partial charge is 0.270 e. The molecule has 156 valence electrons. The highest BCUT2D eigenvalue weighted by atomic mass is 32.1. The number of hydrogen-bond donors (Lipinski definition) is 1. The van der Waals surface area contributed by atoms with Crippen LogP contribution in [0.25, 0.3) is 10.6 Å². The topological polar surface area (TPSA) is 60.5 Å². The molecule has 5 nitrogen and oxygen atoms in total. The highest BCUT2D eigenvalue weighted by molar-refractivity contribution is 7.13. The van der Waals surface area contributed by atoms with Crippen LogP contribution in [0.2, 0.25) is 0 Å². The molecule has 1 atom stereocenters. The van der Waals surface area contributed by atoms with Gasteiger partial charge in [-0.25, -0.2) is 13.8 Å². The van der Waals surface area contributed by atoms with Gasteiger partial charge < -0.3 is 14.8 Å². The lowest BCUT2D eigenvalue weighted by molar-refractivity contribution is 0.0854. The average Bonchev–Trinajstić information content (AvgIpc) is 3.44. The Hall–Kier alpha value is -2.84. The summed E-state index contributed by atoms with van der Waals surface area (Å²) in [6.07, 6.45) is 2.00. The molecule has 8 heteroatoms. The monoisotopic (exact) mass is 430 g/mol. The summed E-state index contributed by atoms with van der Waals surface area (Å²) in [6, 6.07) is 10.8. The highest BCUT2D eigenvalue weighted by Crippen LogP contribution is 2.33. The summed E-state index contributed by atoms with van der Waals surface area (Å²) < 4.78 is 38.9. The van der Waals surface area contributed by atoms with Crippen LogP contribution >= 0.6 is 11.3 Å². The van der Waals surface area contributed by atoms with E-state index in [1.165, 1.54) is 29.5 Å². The van der Waals surface area contributed by atoms with Crippen molar-refractivity contribution >= 4 is 17.2 Å². The van der Waals surface area contributed by atoms with Gasteiger partial charge in [0.05, 0.1) is 17.2 Å². The summed E-state index contributed by atoms with van der Waals surface area (Å²) in [6.45, 7) is 0.935. The first-order valence-corrected chi connectivity index (χ1v) is 10.5. The molecule has 1 saturated heterocycles. The summed E-state index contributed by atoms with van der Waals surface area (Å²) in [5.74, 6) is -1.15. The summed E-state index contributed by atoms with van der Waals surface area (Å²) in [4.78, 5) is 16.8. The van der Waals surface area contributed by atoms with Gasteiger partial charge in [0.1, 0.15) is 34.7 Å². The van der Waals surface area contributed by atoms with Gasteiger partial charge in [0, 0.05) is 18.5 Å². The molecule has 2 heterocycles. The number of carbonyl (C=O) groups is 1. The molecular formula is C22H20F2N2O3S. The van der Waals surface area contributed by atoms with E-state index in [1.807, 2.05) is 6.07 Å². The molecule has 2 aromatic carbocycles. The van der Waals surface area contributed by atoms with Crippen molar-refractivity contribution in [3.05, 3.63) is 70.7 Å². The lowest BCUT2D eigenvalue weighted by Gasteiger charge is -2.11. The normalized spacial score (nSPS) is 15.9. The number of rotatable bonds is 7. The summed E-state index contributed by atoms with van der Waals surface area (Å²) in [5.41, 5.74) is 0.820. The molecule has 0 radical (unpaired) electrons. The second-order valence-electron chi connectivity index (χ2n) is 6.87. The van der Waals surface area contributed by atoms with Gasteiger partial charge in [-0.2, -0.15) is 0 Å². The van der Waals surface area contributed by atoms with Crippen molar-refractivity contribution in [3.8, 4) is 16.3 Å². The third kappa shape index (κ3) is 4.66. The zero-order valence-corrected chi connectivity index (χ0v) is 16.9. The first-order chi connectivity index (χ1) is 14.6. The molecule has 0 spiro atoms. The van der Waals surface area contributed by atoms with Crippen molar-refractivity contribution in [1.82, 2.24) is 10.3 Å². The Kier molecular flexibility index (Phi) is 6.35. The zero-order chi connectivity index (χ0) is 20.9. The van der Waals surface area contributed by atoms with Crippen LogP contribution in [-0.2, 0) is 11.3 Å². The minimum absolute atomic E-state index is 0.0555. The molecule has 0 saturated carbocycles. The fraction of sp³-hybridized carbons (Fsp3) is 0.273. The summed E-state index contributed by atoms with van der Waals surface area (Å²) in [5, 5.41) is 5.10. The first-order valence-electron chi connectivity index (χ1n) is 9.62. The Morgan fingerprint density at radius 2 is 2.00 bits per heavy atom. The molecular weight excluding hydrogens is 410 g/mol. The van der Waals surface area contributed by atoms with Gasteiger partial charge in [-0.15, -0.1) is 11.3 Å². The molecule has 1 unspecified atom stereocenters. The van der Waals surface area contributed by atoms with Gasteiger partial charge in [0.2, 0.25) is 0 Å². The molecule has 4 rings (SSSR count). The minimum Gasteiger partial charge on any atom is -0.488 e. The molecule has 0 bridgehead atoms. The molecule has 0 aliphatic carbocycles. The molecule has 1 aromatic heterocycles. The van der Waals surface area contributed by atoms with Crippen LogP contribution in [0.5, 0.6) is 5.75 Å². The lowest BCUT2D eigenvalue weighted by atomic mass is 10.2. The van der Waals surface area contributed by atoms with Crippen molar-refractivity contribution < 1.29 is 23.0 Å². The zero-order valence-electron chi connectivity index (χ0n) is 16.1. The van der Waals surface area contributed by atoms with Gasteiger partial charge in [0.15, 0.2) is 0 Å². The number of ether oxygens (including phenoxy) is 2. The summed E-state index contributed by atoms with van der Waals surface area (Å²) in [7, 11) is 0. The fourth-order valence-electron chi connectivity index (χ4n) is 3.19. The van der Waals surface area contributed by atoms with Crippen molar-refractivity contribution in [3.63, 3.8) is 0 Å². The fourth-order valence-corrected chi connectivity index (χ4v) is 4.02. The largest absolute Gasteiger partial charge is 0.488 e. The Morgan fingerprint density at radius 1 is 1.20 bits per heavy atom. The third-order valence-electron chi connectivity index (χ3n) is 4.80. The number of benzene rings is 2. The molecule has 1 aliphatic rings. The maximum atomic E-state index is 13.9. The Bertz CT molecular complexity index is 1010. The maximum Gasteiger partial charge on any atom is 0.270 e. The lowest BCUT2D eigenvalue weighted by Crippen LogP contribution is -2.31. The predicted molar refractivity (Wildman–Crippen MR) is 110 cm³/mol. The van der Waals surface area contributed by atoms with Gasteiger partial charge in [0.25, 0.3) is 5.91 Å². The molecule has 3 aromatic rings. The Morgan fingerprint density at radius 3 is 2.77 bits per heavy atom. The number of carbonyl (C=O) groups excluding carboxylic acids is 1. The Labute approximate surface area is 176 Å². The molecule has 1 N–H and O–H groups in total. The first kappa shape index (κ1) is 20.4. The number of aromatic nitrogens is 1. The van der Waals surface area contributed by atoms with Crippen LogP contribution in [-0.4, -0.2) is 30.1 Å². The van der Waals surface area contributed by atoms with Crippen LogP contribution in [0, 0.1) is 11.6 Å². The van der Waals surface area contributed by atoms with Gasteiger partial charge >= 0.3 is 0 Å². The number of amides is 1. The van der Waals surface area contributed by atoms with E-state index in [2.05, 4.69) is 10.3 Å². The van der Waals surface area contributed by atoms with Crippen LogP contribution in [0.15, 0.2) is 47.8 Å². The SMILES string of the molecule is O=C(NCC1CCCO1)c1csc(-c2ccccc2OCc2c(F)cccc2F)n1. The molecule has 1 amide bonds. The van der Waals surface area contributed by atoms with Gasteiger partial charge in [-0.1, -0.05) is 18.2 Å². The molecule has 1 fully saturated rings. The Balaban J connectivity index is 1.46. The van der Waals surface area contributed by atoms with Crippen LogP contribution in [0.4, 0.5) is 8.78 Å². The van der Waals surface area contributed by atoms with Gasteiger partial charge in [-0.05, 0) is 37.1 Å². The van der Waals surface area contributed by atoms with Crippen LogP contribution < -0.4 is 10.1 Å². The van der Waals surface area contributed by atoms with E-state index < -0.39 is 11.6 Å². The van der Waals surface area contributed by atoms with E-state index in [9.17, 15) is 13.6 Å². The summed E-state index contributed by atoms with van der Waals surface area (Å²) >= 11 is 1.30. The van der Waals surface area contributed by atoms with Crippen LogP contribution in [0.1, 0.15) is 28.9 Å². The number of thiazole rings is 1. The number of nitrogens with zero attached hydrogens (tertiary/aromatic N) is 1. The van der Waals surface area contributed by atoms with Crippen LogP contribution in [0.3, 0.4) is 0 Å². The standard InChI is InChI=1S/C22H20F2N2O3S/c23-17-7-3-8-18(24)16(17)12-29-20-9-2-1-6-15(20)22-26-19(13-30-22)21(27)25-11-14-5-4-10-28-14/h1-3,6-9,13-14H,4-5,10-12H2,(H,25,27). The molecule has 30 heavy (non-hydrogen) atoms. The third-order valence-corrected chi connectivity index (χ3v) is 5.68. The van der Waals surface area contributed by atoms with Crippen molar-refractivity contribution in [2.75, 3.05) is 13.2 Å². The van der Waals surface area contributed by atoms with E-state index >= 15 is 0 Å². The quantitative estimate of drug-likeness (QED) is 0.596. The second kappa shape index (κ2) is 9.32. The minimum atomic E-state index is -0.660. The van der Waals surface area contributed by atoms with E-state index in [0.29, 0.717) is 28.6 Å². The number of halogens is 2. The van der Waals surface area contributed by atoms with Crippen molar-refractivity contribution in [1.29, 1.82) is 0 Å². The van der Waals surface area contributed by atoms with E-state index in [4.69, 9.17) is 9.47 Å². The van der Waals surface area contributed by atoms with Crippen molar-refractivity contribution in [2.45, 2.75) is 25.6 Å². The highest BCUT2D eigenvalue weighted by Gasteiger charge is 2.19. The van der Waals surface area contributed by atoms with E-state index in [1.54, 1.807) is 23.6 Å². The number of para-hydroxylation sites is 1. The van der Waals surface area contributed by atoms with Crippen molar-refractivity contribution in [2.24, 2.45) is 0 Å². The number of hydrogen-bond acceptors (Lipinski definition) is 5. The van der Waals surface area contributed by atoms with E-state index in [-0.39, 0.29) is 24.2 Å². The predicted octanol–water partition coefficient (Wildman–Crippen LogP) is 4.58. The molecule has 1 aliphatic heterocycles. The van der Waals surface area contributed by atoms with E-state index in [0.717, 1.165) is 19.4 Å². The van der Waals surface area contributed by atoms with Gasteiger partial charge in [-0.3, -0.25) is 4.79 Å². The maximum absolute atomic E-state index is 13.9.